The van der Waals surface area contributed by atoms with Gasteiger partial charge in [-0.25, -0.2) is 4.98 Å². The molecule has 0 atom stereocenters. The summed E-state index contributed by atoms with van der Waals surface area (Å²) in [6.07, 6.45) is 0. The maximum Gasteiger partial charge on any atom is 0.213 e. The summed E-state index contributed by atoms with van der Waals surface area (Å²) in [5.74, 6) is -0.540. The van der Waals surface area contributed by atoms with Gasteiger partial charge in [-0.05, 0) is 19.1 Å². The van der Waals surface area contributed by atoms with Gasteiger partial charge in [-0.15, -0.1) is 0 Å². The van der Waals surface area contributed by atoms with Gasteiger partial charge in [0.25, 0.3) is 0 Å². The molecular weight excluding hydrogens is 121 g/mol. The molecule has 0 aliphatic rings. The minimum absolute atomic E-state index is 0.0244. The van der Waals surface area contributed by atoms with Crippen LogP contribution in [0, 0.1) is 12.9 Å². The van der Waals surface area contributed by atoms with Gasteiger partial charge < -0.3 is 5.11 Å². The molecule has 1 aromatic rings. The van der Waals surface area contributed by atoms with E-state index in [0.29, 0.717) is 5.69 Å². The SMILES string of the molecule is Cc1nc(F)ccc1O. The van der Waals surface area contributed by atoms with Crippen molar-refractivity contribution in [1.29, 1.82) is 0 Å². The molecule has 0 aliphatic carbocycles. The molecule has 0 radical (unpaired) electrons. The summed E-state index contributed by atoms with van der Waals surface area (Å²) in [5, 5.41) is 8.81. The van der Waals surface area contributed by atoms with Crippen molar-refractivity contribution in [2.24, 2.45) is 0 Å². The van der Waals surface area contributed by atoms with Crippen molar-refractivity contribution in [1.82, 2.24) is 4.98 Å². The van der Waals surface area contributed by atoms with Crippen LogP contribution < -0.4 is 0 Å². The molecule has 1 N–H and O–H groups in total. The summed E-state index contributed by atoms with van der Waals surface area (Å²) in [6.45, 7) is 1.54. The average Bonchev–Trinajstić information content (AvgIpc) is 1.80. The van der Waals surface area contributed by atoms with Crippen molar-refractivity contribution in [2.45, 2.75) is 6.92 Å². The third-order valence-electron chi connectivity index (χ3n) is 1.02. The number of pyridine rings is 1. The maximum absolute atomic E-state index is 12.1. The van der Waals surface area contributed by atoms with Crippen LogP contribution >= 0.6 is 0 Å². The van der Waals surface area contributed by atoms with E-state index in [-0.39, 0.29) is 5.75 Å². The van der Waals surface area contributed by atoms with Crippen LogP contribution in [0.25, 0.3) is 0 Å². The Kier molecular flexibility index (Phi) is 1.34. The third-order valence-corrected chi connectivity index (χ3v) is 1.02. The minimum Gasteiger partial charge on any atom is -0.506 e. The molecule has 1 heterocycles. The monoisotopic (exact) mass is 127 g/mol. The van der Waals surface area contributed by atoms with Crippen LogP contribution in [0.5, 0.6) is 5.75 Å². The van der Waals surface area contributed by atoms with E-state index in [9.17, 15) is 4.39 Å². The number of aromatic hydroxyl groups is 1. The standard InChI is InChI=1S/C6H6FNO/c1-4-5(9)2-3-6(7)8-4/h2-3,9H,1H3. The summed E-state index contributed by atoms with van der Waals surface area (Å²) in [6, 6.07) is 2.39. The van der Waals surface area contributed by atoms with Gasteiger partial charge in [0.2, 0.25) is 5.95 Å². The highest BCUT2D eigenvalue weighted by molar-refractivity contribution is 5.23. The van der Waals surface area contributed by atoms with Gasteiger partial charge in [-0.3, -0.25) is 0 Å². The minimum atomic E-state index is -0.565. The van der Waals surface area contributed by atoms with Gasteiger partial charge in [0, 0.05) is 0 Å². The highest BCUT2D eigenvalue weighted by Gasteiger charge is 1.96. The lowest BCUT2D eigenvalue weighted by Crippen LogP contribution is -1.84. The number of rotatable bonds is 0. The molecule has 0 aromatic carbocycles. The zero-order valence-electron chi connectivity index (χ0n) is 4.93. The Morgan fingerprint density at radius 3 is 2.67 bits per heavy atom. The zero-order valence-corrected chi connectivity index (χ0v) is 4.93. The summed E-state index contributed by atoms with van der Waals surface area (Å²) in [4.78, 5) is 3.36. The molecule has 0 amide bonds. The fourth-order valence-electron chi connectivity index (χ4n) is 0.523. The van der Waals surface area contributed by atoms with Gasteiger partial charge >= 0.3 is 0 Å². The molecule has 0 unspecified atom stereocenters. The van der Waals surface area contributed by atoms with Crippen LogP contribution in [0.15, 0.2) is 12.1 Å². The number of aromatic nitrogens is 1. The normalized spacial score (nSPS) is 9.56. The largest absolute Gasteiger partial charge is 0.506 e. The Labute approximate surface area is 52.0 Å². The maximum atomic E-state index is 12.1. The lowest BCUT2D eigenvalue weighted by atomic mass is 10.3. The summed E-state index contributed by atoms with van der Waals surface area (Å²) < 4.78 is 12.1. The molecule has 1 rings (SSSR count). The number of hydrogen-bond donors (Lipinski definition) is 1. The van der Waals surface area contributed by atoms with Gasteiger partial charge in [-0.1, -0.05) is 0 Å². The molecule has 0 saturated heterocycles. The van der Waals surface area contributed by atoms with E-state index < -0.39 is 5.95 Å². The van der Waals surface area contributed by atoms with E-state index in [1.54, 1.807) is 6.92 Å². The molecular formula is C6H6FNO. The predicted octanol–water partition coefficient (Wildman–Crippen LogP) is 1.23. The molecule has 48 valence electrons. The number of halogens is 1. The topological polar surface area (TPSA) is 33.1 Å². The van der Waals surface area contributed by atoms with E-state index in [4.69, 9.17) is 5.11 Å². The van der Waals surface area contributed by atoms with Crippen LogP contribution in [-0.4, -0.2) is 10.1 Å². The Bertz CT molecular complexity index is 224. The summed E-state index contributed by atoms with van der Waals surface area (Å²) in [7, 11) is 0. The average molecular weight is 127 g/mol. The third kappa shape index (κ3) is 1.16. The van der Waals surface area contributed by atoms with Gasteiger partial charge in [-0.2, -0.15) is 4.39 Å². The number of nitrogens with zero attached hydrogens (tertiary/aromatic N) is 1. The van der Waals surface area contributed by atoms with Crippen LogP contribution in [0.3, 0.4) is 0 Å². The van der Waals surface area contributed by atoms with Crippen molar-refractivity contribution in [2.75, 3.05) is 0 Å². The Morgan fingerprint density at radius 1 is 1.56 bits per heavy atom. The van der Waals surface area contributed by atoms with Crippen molar-refractivity contribution in [3.63, 3.8) is 0 Å². The van der Waals surface area contributed by atoms with Gasteiger partial charge in [0.05, 0.1) is 5.69 Å². The van der Waals surface area contributed by atoms with Crippen molar-refractivity contribution in [3.8, 4) is 5.75 Å². The highest BCUT2D eigenvalue weighted by atomic mass is 19.1. The van der Waals surface area contributed by atoms with Crippen LogP contribution in [0.4, 0.5) is 4.39 Å². The van der Waals surface area contributed by atoms with Gasteiger partial charge in [0.1, 0.15) is 5.75 Å². The first-order chi connectivity index (χ1) is 4.20. The molecule has 0 fully saturated rings. The molecule has 0 aliphatic heterocycles. The fraction of sp³-hybridized carbons (Fsp3) is 0.167. The van der Waals surface area contributed by atoms with Crippen LogP contribution in [-0.2, 0) is 0 Å². The molecule has 0 spiro atoms. The van der Waals surface area contributed by atoms with E-state index in [1.165, 1.54) is 6.07 Å². The van der Waals surface area contributed by atoms with E-state index in [2.05, 4.69) is 4.98 Å². The number of hydrogen-bond acceptors (Lipinski definition) is 2. The van der Waals surface area contributed by atoms with Crippen molar-refractivity contribution in [3.05, 3.63) is 23.8 Å². The summed E-state index contributed by atoms with van der Waals surface area (Å²) in [5.41, 5.74) is 0.315. The lowest BCUT2D eigenvalue weighted by molar-refractivity contribution is 0.460. The second-order valence-corrected chi connectivity index (χ2v) is 1.74. The molecule has 0 bridgehead atoms. The van der Waals surface area contributed by atoms with Crippen molar-refractivity contribution >= 4 is 0 Å². The molecule has 9 heavy (non-hydrogen) atoms. The Morgan fingerprint density at radius 2 is 2.22 bits per heavy atom. The molecule has 0 saturated carbocycles. The quantitative estimate of drug-likeness (QED) is 0.532. The first-order valence-corrected chi connectivity index (χ1v) is 2.52. The van der Waals surface area contributed by atoms with Gasteiger partial charge in [0.15, 0.2) is 0 Å². The Balaban J connectivity index is 3.17. The molecule has 2 nitrogen and oxygen atoms in total. The second kappa shape index (κ2) is 2.01. The lowest BCUT2D eigenvalue weighted by Gasteiger charge is -1.93. The van der Waals surface area contributed by atoms with Crippen molar-refractivity contribution < 1.29 is 9.50 Å². The summed E-state index contributed by atoms with van der Waals surface area (Å²) >= 11 is 0. The van der Waals surface area contributed by atoms with E-state index in [0.717, 1.165) is 6.07 Å². The zero-order chi connectivity index (χ0) is 6.85. The molecule has 3 heteroatoms. The first-order valence-electron chi connectivity index (χ1n) is 2.52. The Hall–Kier alpha value is -1.12. The highest BCUT2D eigenvalue weighted by Crippen LogP contribution is 2.11. The van der Waals surface area contributed by atoms with Crippen LogP contribution in [0.1, 0.15) is 5.69 Å². The first kappa shape index (κ1) is 6.01. The van der Waals surface area contributed by atoms with Crippen LogP contribution in [0.2, 0.25) is 0 Å². The van der Waals surface area contributed by atoms with E-state index >= 15 is 0 Å². The molecule has 1 aromatic heterocycles. The fourth-order valence-corrected chi connectivity index (χ4v) is 0.523. The van der Waals surface area contributed by atoms with E-state index in [1.807, 2.05) is 0 Å². The smallest absolute Gasteiger partial charge is 0.213 e. The predicted molar refractivity (Wildman–Crippen MR) is 30.6 cm³/mol. The number of aryl methyl sites for hydroxylation is 1. The second-order valence-electron chi connectivity index (χ2n) is 1.74.